The van der Waals surface area contributed by atoms with Gasteiger partial charge in [-0.3, -0.25) is 9.52 Å². The molecule has 0 unspecified atom stereocenters. The Hall–Kier alpha value is -2.38. The summed E-state index contributed by atoms with van der Waals surface area (Å²) < 4.78 is 27.7. The summed E-state index contributed by atoms with van der Waals surface area (Å²) in [5.74, 6) is -0.189. The maximum Gasteiger partial charge on any atom is 0.261 e. The van der Waals surface area contributed by atoms with E-state index in [0.29, 0.717) is 11.3 Å². The van der Waals surface area contributed by atoms with Crippen LogP contribution in [0.2, 0.25) is 0 Å². The number of rotatable bonds is 5. The van der Waals surface area contributed by atoms with Crippen LogP contribution in [0.1, 0.15) is 41.6 Å². The maximum atomic E-state index is 12.6. The monoisotopic (exact) mass is 387 g/mol. The Balaban J connectivity index is 1.67. The van der Waals surface area contributed by atoms with E-state index in [4.69, 9.17) is 5.73 Å². The summed E-state index contributed by atoms with van der Waals surface area (Å²) in [5, 5.41) is 3.00. The van der Waals surface area contributed by atoms with Crippen LogP contribution in [0.25, 0.3) is 0 Å². The van der Waals surface area contributed by atoms with Gasteiger partial charge in [0.05, 0.1) is 10.6 Å². The first-order valence-electron chi connectivity index (χ1n) is 9.10. The van der Waals surface area contributed by atoms with Gasteiger partial charge in [0.2, 0.25) is 0 Å². The van der Waals surface area contributed by atoms with Crippen LogP contribution >= 0.6 is 0 Å². The molecule has 1 fully saturated rings. The molecule has 2 aromatic rings. The van der Waals surface area contributed by atoms with Gasteiger partial charge in [0.1, 0.15) is 0 Å². The van der Waals surface area contributed by atoms with E-state index in [1.165, 1.54) is 24.3 Å². The Morgan fingerprint density at radius 1 is 1.00 bits per heavy atom. The molecule has 0 radical (unpaired) electrons. The molecule has 7 heteroatoms. The Kier molecular flexibility index (Phi) is 5.82. The average molecular weight is 388 g/mol. The highest BCUT2D eigenvalue weighted by atomic mass is 32.2. The summed E-state index contributed by atoms with van der Waals surface area (Å²) in [6, 6.07) is 13.5. The zero-order valence-electron chi connectivity index (χ0n) is 15.3. The number of carbonyl (C=O) groups excluding carboxylic acids is 1. The minimum atomic E-state index is -3.71. The standard InChI is InChI=1S/C20H25N3O3S/c1-14-4-2-3-5-19(14)23-27(25,26)18-12-6-15(7-13-18)20(24)22-17-10-8-16(21)9-11-17/h2-7,12-13,16-17,23H,8-11,21H2,1H3,(H,22,24). The molecule has 3 rings (SSSR count). The van der Waals surface area contributed by atoms with Gasteiger partial charge in [0.25, 0.3) is 15.9 Å². The molecule has 0 heterocycles. The minimum Gasteiger partial charge on any atom is -0.349 e. The molecule has 1 saturated carbocycles. The molecular weight excluding hydrogens is 362 g/mol. The van der Waals surface area contributed by atoms with Gasteiger partial charge < -0.3 is 11.1 Å². The molecule has 0 aliphatic heterocycles. The van der Waals surface area contributed by atoms with E-state index < -0.39 is 10.0 Å². The lowest BCUT2D eigenvalue weighted by molar-refractivity contribution is 0.0926. The zero-order chi connectivity index (χ0) is 19.4. The SMILES string of the molecule is Cc1ccccc1NS(=O)(=O)c1ccc(C(=O)NC2CCC(N)CC2)cc1. The van der Waals surface area contributed by atoms with Crippen molar-refractivity contribution in [2.24, 2.45) is 5.73 Å². The topological polar surface area (TPSA) is 101 Å². The predicted molar refractivity (Wildman–Crippen MR) is 106 cm³/mol. The number of hydrogen-bond acceptors (Lipinski definition) is 4. The third-order valence-electron chi connectivity index (χ3n) is 4.92. The summed E-state index contributed by atoms with van der Waals surface area (Å²) in [7, 11) is -3.71. The third-order valence-corrected chi connectivity index (χ3v) is 6.30. The summed E-state index contributed by atoms with van der Waals surface area (Å²) in [5.41, 5.74) is 7.70. The fraction of sp³-hybridized carbons (Fsp3) is 0.350. The first-order valence-corrected chi connectivity index (χ1v) is 10.6. The van der Waals surface area contributed by atoms with Gasteiger partial charge in [0.15, 0.2) is 0 Å². The number of hydrogen-bond donors (Lipinski definition) is 3. The van der Waals surface area contributed by atoms with Gasteiger partial charge in [-0.15, -0.1) is 0 Å². The molecule has 0 saturated heterocycles. The molecule has 1 amide bonds. The van der Waals surface area contributed by atoms with Crippen molar-refractivity contribution in [3.05, 3.63) is 59.7 Å². The lowest BCUT2D eigenvalue weighted by Gasteiger charge is -2.26. The van der Waals surface area contributed by atoms with Gasteiger partial charge in [-0.25, -0.2) is 8.42 Å². The van der Waals surface area contributed by atoms with Gasteiger partial charge in [0, 0.05) is 17.6 Å². The second kappa shape index (κ2) is 8.10. The third kappa shape index (κ3) is 4.87. The van der Waals surface area contributed by atoms with E-state index in [1.54, 1.807) is 12.1 Å². The molecule has 1 aliphatic rings. The van der Waals surface area contributed by atoms with Gasteiger partial charge in [-0.1, -0.05) is 18.2 Å². The van der Waals surface area contributed by atoms with Gasteiger partial charge in [-0.2, -0.15) is 0 Å². The largest absolute Gasteiger partial charge is 0.349 e. The second-order valence-corrected chi connectivity index (χ2v) is 8.71. The summed E-state index contributed by atoms with van der Waals surface area (Å²) in [4.78, 5) is 12.5. The Bertz CT molecular complexity index is 902. The highest BCUT2D eigenvalue weighted by Crippen LogP contribution is 2.20. The molecule has 27 heavy (non-hydrogen) atoms. The zero-order valence-corrected chi connectivity index (χ0v) is 16.1. The molecule has 0 bridgehead atoms. The Morgan fingerprint density at radius 2 is 1.63 bits per heavy atom. The van der Waals surface area contributed by atoms with Crippen molar-refractivity contribution in [2.75, 3.05) is 4.72 Å². The molecule has 0 spiro atoms. The van der Waals surface area contributed by atoms with Crippen LogP contribution < -0.4 is 15.8 Å². The lowest BCUT2D eigenvalue weighted by Crippen LogP contribution is -2.40. The fourth-order valence-corrected chi connectivity index (χ4v) is 4.34. The van der Waals surface area contributed by atoms with Crippen LogP contribution in [0.15, 0.2) is 53.4 Å². The first kappa shape index (κ1) is 19.4. The average Bonchev–Trinajstić information content (AvgIpc) is 2.65. The molecule has 144 valence electrons. The lowest BCUT2D eigenvalue weighted by atomic mass is 9.91. The fourth-order valence-electron chi connectivity index (χ4n) is 3.21. The van der Waals surface area contributed by atoms with Gasteiger partial charge in [-0.05, 0) is 68.5 Å². The smallest absolute Gasteiger partial charge is 0.261 e. The van der Waals surface area contributed by atoms with Crippen molar-refractivity contribution in [2.45, 2.75) is 49.6 Å². The van der Waals surface area contributed by atoms with Crippen molar-refractivity contribution < 1.29 is 13.2 Å². The molecule has 6 nitrogen and oxygen atoms in total. The molecule has 0 atom stereocenters. The van der Waals surface area contributed by atoms with Crippen LogP contribution in [0.4, 0.5) is 5.69 Å². The minimum absolute atomic E-state index is 0.117. The van der Waals surface area contributed by atoms with Crippen molar-refractivity contribution in [1.82, 2.24) is 5.32 Å². The summed E-state index contributed by atoms with van der Waals surface area (Å²) in [6.45, 7) is 1.84. The quantitative estimate of drug-likeness (QED) is 0.734. The van der Waals surface area contributed by atoms with E-state index in [1.807, 2.05) is 19.1 Å². The van der Waals surface area contributed by atoms with E-state index in [9.17, 15) is 13.2 Å². The van der Waals surface area contributed by atoms with Crippen LogP contribution in [0.5, 0.6) is 0 Å². The number of amides is 1. The predicted octanol–water partition coefficient (Wildman–Crippen LogP) is 2.80. The van der Waals surface area contributed by atoms with E-state index in [0.717, 1.165) is 31.2 Å². The van der Waals surface area contributed by atoms with Crippen LogP contribution in [-0.2, 0) is 10.0 Å². The number of aryl methyl sites for hydroxylation is 1. The second-order valence-electron chi connectivity index (χ2n) is 7.03. The molecular formula is C20H25N3O3S. The highest BCUT2D eigenvalue weighted by molar-refractivity contribution is 7.92. The van der Waals surface area contributed by atoms with E-state index >= 15 is 0 Å². The van der Waals surface area contributed by atoms with Crippen molar-refractivity contribution in [3.8, 4) is 0 Å². The summed E-state index contributed by atoms with van der Waals surface area (Å²) in [6.07, 6.45) is 3.57. The number of sulfonamides is 1. The van der Waals surface area contributed by atoms with Crippen molar-refractivity contribution in [3.63, 3.8) is 0 Å². The Morgan fingerprint density at radius 3 is 2.26 bits per heavy atom. The molecule has 4 N–H and O–H groups in total. The first-order chi connectivity index (χ1) is 12.8. The number of para-hydroxylation sites is 1. The number of benzene rings is 2. The Labute approximate surface area is 160 Å². The molecule has 0 aromatic heterocycles. The van der Waals surface area contributed by atoms with E-state index in [-0.39, 0.29) is 22.9 Å². The van der Waals surface area contributed by atoms with Crippen LogP contribution in [-0.4, -0.2) is 26.4 Å². The van der Waals surface area contributed by atoms with Crippen LogP contribution in [0, 0.1) is 6.92 Å². The normalized spacial score (nSPS) is 20.1. The summed E-state index contributed by atoms with van der Waals surface area (Å²) >= 11 is 0. The number of carbonyl (C=O) groups is 1. The van der Waals surface area contributed by atoms with Gasteiger partial charge >= 0.3 is 0 Å². The van der Waals surface area contributed by atoms with E-state index in [2.05, 4.69) is 10.0 Å². The number of nitrogens with two attached hydrogens (primary N) is 1. The number of anilines is 1. The van der Waals surface area contributed by atoms with Crippen molar-refractivity contribution >= 4 is 21.6 Å². The van der Waals surface area contributed by atoms with Crippen LogP contribution in [0.3, 0.4) is 0 Å². The highest BCUT2D eigenvalue weighted by Gasteiger charge is 2.21. The van der Waals surface area contributed by atoms with Crippen molar-refractivity contribution in [1.29, 1.82) is 0 Å². The maximum absolute atomic E-state index is 12.6. The number of nitrogens with one attached hydrogen (secondary N) is 2. The molecule has 2 aromatic carbocycles. The molecule has 1 aliphatic carbocycles.